The molecule has 3 atom stereocenters. The highest BCUT2D eigenvalue weighted by Crippen LogP contribution is 2.38. The molecule has 0 aromatic carbocycles. The van der Waals surface area contributed by atoms with Gasteiger partial charge in [0.05, 0.1) is 18.6 Å². The Bertz CT molecular complexity index is 280. The second-order valence-corrected chi connectivity index (χ2v) is 5.70. The molecule has 3 unspecified atom stereocenters. The number of hydrogen-bond acceptors (Lipinski definition) is 3. The highest BCUT2D eigenvalue weighted by molar-refractivity contribution is 4.84. The van der Waals surface area contributed by atoms with Crippen LogP contribution < -0.4 is 5.32 Å². The van der Waals surface area contributed by atoms with Gasteiger partial charge in [-0.15, -0.1) is 0 Å². The number of morpholine rings is 1. The van der Waals surface area contributed by atoms with E-state index in [4.69, 9.17) is 4.74 Å². The summed E-state index contributed by atoms with van der Waals surface area (Å²) in [5, 5.41) is 3.24. The highest BCUT2D eigenvalue weighted by Gasteiger charge is 2.42. The number of alkyl halides is 3. The molecule has 2 aliphatic rings. The van der Waals surface area contributed by atoms with E-state index in [2.05, 4.69) is 10.2 Å². The summed E-state index contributed by atoms with van der Waals surface area (Å²) < 4.78 is 44.0. The van der Waals surface area contributed by atoms with Crippen LogP contribution in [0.15, 0.2) is 0 Å². The maximum absolute atomic E-state index is 12.8. The second-order valence-electron chi connectivity index (χ2n) is 5.70. The molecule has 1 aliphatic heterocycles. The fourth-order valence-electron chi connectivity index (χ4n) is 3.07. The molecule has 0 aromatic rings. The van der Waals surface area contributed by atoms with Crippen molar-refractivity contribution in [3.8, 4) is 0 Å². The van der Waals surface area contributed by atoms with Crippen LogP contribution in [0.5, 0.6) is 0 Å². The molecular formula is C13H23F3N2O. The molecule has 0 spiro atoms. The van der Waals surface area contributed by atoms with Crippen molar-refractivity contribution in [2.24, 2.45) is 5.92 Å². The minimum absolute atomic E-state index is 0.0332. The van der Waals surface area contributed by atoms with Crippen LogP contribution >= 0.6 is 0 Å². The third kappa shape index (κ3) is 4.33. The molecule has 1 N–H and O–H groups in total. The zero-order chi connectivity index (χ0) is 13.9. The topological polar surface area (TPSA) is 24.5 Å². The van der Waals surface area contributed by atoms with Crippen molar-refractivity contribution in [3.63, 3.8) is 0 Å². The Hall–Kier alpha value is -0.330. The molecule has 6 heteroatoms. The van der Waals surface area contributed by atoms with E-state index >= 15 is 0 Å². The minimum Gasteiger partial charge on any atom is -0.374 e. The van der Waals surface area contributed by atoms with Gasteiger partial charge in [-0.1, -0.05) is 6.42 Å². The zero-order valence-electron chi connectivity index (χ0n) is 11.4. The van der Waals surface area contributed by atoms with Gasteiger partial charge in [-0.2, -0.15) is 13.2 Å². The van der Waals surface area contributed by atoms with Crippen LogP contribution in [0.3, 0.4) is 0 Å². The number of ether oxygens (including phenoxy) is 1. The van der Waals surface area contributed by atoms with Crippen LogP contribution in [0.4, 0.5) is 13.2 Å². The smallest absolute Gasteiger partial charge is 0.374 e. The normalized spacial score (nSPS) is 33.6. The summed E-state index contributed by atoms with van der Waals surface area (Å²) in [6.07, 6.45) is -1.88. The van der Waals surface area contributed by atoms with E-state index in [0.29, 0.717) is 19.6 Å². The Morgan fingerprint density at radius 3 is 2.74 bits per heavy atom. The van der Waals surface area contributed by atoms with E-state index in [-0.39, 0.29) is 25.0 Å². The lowest BCUT2D eigenvalue weighted by atomic mass is 9.84. The number of likely N-dealkylation sites (N-methyl/N-ethyl adjacent to an activating group) is 1. The van der Waals surface area contributed by atoms with E-state index in [1.165, 1.54) is 0 Å². The quantitative estimate of drug-likeness (QED) is 0.856. The second kappa shape index (κ2) is 6.41. The molecule has 19 heavy (non-hydrogen) atoms. The maximum atomic E-state index is 12.8. The van der Waals surface area contributed by atoms with Gasteiger partial charge in [-0.25, -0.2) is 0 Å². The molecule has 0 bridgehead atoms. The van der Waals surface area contributed by atoms with Crippen LogP contribution in [0, 0.1) is 5.92 Å². The van der Waals surface area contributed by atoms with Gasteiger partial charge in [0.25, 0.3) is 0 Å². The van der Waals surface area contributed by atoms with Gasteiger partial charge in [-0.3, -0.25) is 0 Å². The van der Waals surface area contributed by atoms with E-state index in [1.807, 2.05) is 7.05 Å². The van der Waals surface area contributed by atoms with Crippen LogP contribution in [-0.4, -0.2) is 56.5 Å². The fraction of sp³-hybridized carbons (Fsp3) is 1.00. The van der Waals surface area contributed by atoms with Crippen molar-refractivity contribution < 1.29 is 17.9 Å². The predicted octanol–water partition coefficient (Wildman–Crippen LogP) is 2.03. The highest BCUT2D eigenvalue weighted by atomic mass is 19.4. The SMILES string of the molecule is CN(CC1CNCCO1)C1CCCC(C(F)(F)F)C1. The predicted molar refractivity (Wildman–Crippen MR) is 67.0 cm³/mol. The molecule has 2 rings (SSSR count). The summed E-state index contributed by atoms with van der Waals surface area (Å²) in [7, 11) is 1.92. The summed E-state index contributed by atoms with van der Waals surface area (Å²) in [6, 6.07) is 0.0332. The number of nitrogens with zero attached hydrogens (tertiary/aromatic N) is 1. The Balaban J connectivity index is 1.82. The monoisotopic (exact) mass is 280 g/mol. The van der Waals surface area contributed by atoms with Crippen LogP contribution in [0.1, 0.15) is 25.7 Å². The fourth-order valence-corrected chi connectivity index (χ4v) is 3.07. The molecule has 1 saturated heterocycles. The lowest BCUT2D eigenvalue weighted by molar-refractivity contribution is -0.186. The first-order valence-electron chi connectivity index (χ1n) is 7.06. The first kappa shape index (κ1) is 15.1. The molecule has 1 saturated carbocycles. The average molecular weight is 280 g/mol. The zero-order valence-corrected chi connectivity index (χ0v) is 11.4. The van der Waals surface area contributed by atoms with Gasteiger partial charge in [0.1, 0.15) is 0 Å². The van der Waals surface area contributed by atoms with Gasteiger partial charge in [0, 0.05) is 25.7 Å². The summed E-state index contributed by atoms with van der Waals surface area (Å²) in [5.74, 6) is -1.13. The van der Waals surface area contributed by atoms with Crippen molar-refractivity contribution in [3.05, 3.63) is 0 Å². The van der Waals surface area contributed by atoms with Gasteiger partial charge in [-0.05, 0) is 26.3 Å². The van der Waals surface area contributed by atoms with Gasteiger partial charge < -0.3 is 15.0 Å². The third-order valence-corrected chi connectivity index (χ3v) is 4.23. The van der Waals surface area contributed by atoms with Crippen molar-refractivity contribution >= 4 is 0 Å². The Morgan fingerprint density at radius 1 is 1.32 bits per heavy atom. The molecule has 0 amide bonds. The summed E-state index contributed by atoms with van der Waals surface area (Å²) >= 11 is 0. The minimum atomic E-state index is -4.04. The maximum Gasteiger partial charge on any atom is 0.391 e. The molecule has 3 nitrogen and oxygen atoms in total. The lowest BCUT2D eigenvalue weighted by Crippen LogP contribution is -2.48. The van der Waals surface area contributed by atoms with Crippen molar-refractivity contribution in [2.75, 3.05) is 33.3 Å². The largest absolute Gasteiger partial charge is 0.391 e. The van der Waals surface area contributed by atoms with E-state index in [9.17, 15) is 13.2 Å². The standard InChI is InChI=1S/C13H23F3N2O/c1-18(9-12-8-17-5-6-19-12)11-4-2-3-10(7-11)13(14,15)16/h10-12,17H,2-9H2,1H3. The van der Waals surface area contributed by atoms with Crippen LogP contribution in [0.25, 0.3) is 0 Å². The van der Waals surface area contributed by atoms with Crippen LogP contribution in [0.2, 0.25) is 0 Å². The molecule has 1 aliphatic carbocycles. The van der Waals surface area contributed by atoms with E-state index in [0.717, 1.165) is 19.5 Å². The Labute approximate surface area is 112 Å². The molecule has 0 aromatic heterocycles. The van der Waals surface area contributed by atoms with E-state index < -0.39 is 12.1 Å². The molecule has 112 valence electrons. The summed E-state index contributed by atoms with van der Waals surface area (Å²) in [5.41, 5.74) is 0. The molecule has 0 radical (unpaired) electrons. The lowest BCUT2D eigenvalue weighted by Gasteiger charge is -2.38. The first-order valence-corrected chi connectivity index (χ1v) is 7.06. The van der Waals surface area contributed by atoms with Crippen LogP contribution in [-0.2, 0) is 4.74 Å². The number of halogens is 3. The van der Waals surface area contributed by atoms with Crippen molar-refractivity contribution in [1.29, 1.82) is 0 Å². The number of nitrogens with one attached hydrogen (secondary N) is 1. The Morgan fingerprint density at radius 2 is 2.11 bits per heavy atom. The summed E-state index contributed by atoms with van der Waals surface area (Å²) in [4.78, 5) is 2.05. The van der Waals surface area contributed by atoms with Gasteiger partial charge >= 0.3 is 6.18 Å². The number of hydrogen-bond donors (Lipinski definition) is 1. The Kier molecular flexibility index (Phi) is 5.09. The molecule has 1 heterocycles. The molecular weight excluding hydrogens is 257 g/mol. The van der Waals surface area contributed by atoms with Gasteiger partial charge in [0.2, 0.25) is 0 Å². The van der Waals surface area contributed by atoms with Crippen molar-refractivity contribution in [2.45, 2.75) is 44.0 Å². The number of rotatable bonds is 3. The third-order valence-electron chi connectivity index (χ3n) is 4.23. The first-order chi connectivity index (χ1) is 8.97. The molecule has 2 fully saturated rings. The van der Waals surface area contributed by atoms with Gasteiger partial charge in [0.15, 0.2) is 0 Å². The van der Waals surface area contributed by atoms with Crippen molar-refractivity contribution in [1.82, 2.24) is 10.2 Å². The summed E-state index contributed by atoms with van der Waals surface area (Å²) in [6.45, 7) is 3.05. The average Bonchev–Trinajstić information content (AvgIpc) is 2.39. The van der Waals surface area contributed by atoms with E-state index in [1.54, 1.807) is 0 Å².